The van der Waals surface area contributed by atoms with Crippen molar-refractivity contribution in [3.8, 4) is 17.2 Å². The van der Waals surface area contributed by atoms with Gasteiger partial charge in [0.2, 0.25) is 0 Å². The minimum Gasteiger partial charge on any atom is -0.508 e. The minimum absolute atomic E-state index is 0.0217. The molecule has 0 bridgehead atoms. The fraction of sp³-hybridized carbons (Fsp3) is 0.412. The summed E-state index contributed by atoms with van der Waals surface area (Å²) in [5.41, 5.74) is 2.94. The molecule has 0 spiro atoms. The van der Waals surface area contributed by atoms with E-state index in [9.17, 15) is 14.7 Å². The molecule has 6 heteroatoms. The first kappa shape index (κ1) is 29.3. The van der Waals surface area contributed by atoms with Gasteiger partial charge in [0.05, 0.1) is 11.5 Å². The van der Waals surface area contributed by atoms with E-state index in [0.29, 0.717) is 34.7 Å². The van der Waals surface area contributed by atoms with E-state index in [1.165, 1.54) is 0 Å². The first-order valence-electron chi connectivity index (χ1n) is 14.3. The van der Waals surface area contributed by atoms with Crippen LogP contribution in [-0.4, -0.2) is 40.6 Å². The van der Waals surface area contributed by atoms with Crippen LogP contribution in [0.4, 0.5) is 0 Å². The maximum atomic E-state index is 13.3. The van der Waals surface area contributed by atoms with Crippen LogP contribution in [0.3, 0.4) is 0 Å². The molecule has 4 rings (SSSR count). The number of aromatic hydroxyl groups is 1. The lowest BCUT2D eigenvalue weighted by Crippen LogP contribution is -2.38. The van der Waals surface area contributed by atoms with Gasteiger partial charge in [-0.25, -0.2) is 4.79 Å². The van der Waals surface area contributed by atoms with Gasteiger partial charge in [0, 0.05) is 23.6 Å². The highest BCUT2D eigenvalue weighted by atomic mass is 16.5. The Kier molecular flexibility index (Phi) is 9.64. The molecule has 1 saturated carbocycles. The molecule has 0 aliphatic heterocycles. The fourth-order valence-corrected chi connectivity index (χ4v) is 5.43. The van der Waals surface area contributed by atoms with Gasteiger partial charge in [0.1, 0.15) is 17.2 Å². The SMILES string of the molecule is Cc1c(O)ccc(OC(=O)c2ccc(OC(=O)C3CCC3)cc2)c1[C@H](CCN(C(C)C)C(C)C)c1ccccc1. The van der Waals surface area contributed by atoms with Crippen LogP contribution < -0.4 is 9.47 Å². The summed E-state index contributed by atoms with van der Waals surface area (Å²) in [6.45, 7) is 11.5. The monoisotopic (exact) mass is 543 g/mol. The molecule has 1 aliphatic carbocycles. The molecule has 1 aliphatic rings. The van der Waals surface area contributed by atoms with Crippen molar-refractivity contribution in [2.45, 2.75) is 78.3 Å². The number of ether oxygens (including phenoxy) is 2. The molecule has 1 N–H and O–H groups in total. The number of phenols is 1. The molecule has 1 fully saturated rings. The van der Waals surface area contributed by atoms with Crippen molar-refractivity contribution in [3.05, 3.63) is 89.0 Å². The maximum absolute atomic E-state index is 13.3. The number of esters is 2. The van der Waals surface area contributed by atoms with Crippen LogP contribution in [0.2, 0.25) is 0 Å². The Bertz CT molecular complexity index is 1290. The molecule has 0 unspecified atom stereocenters. The molecule has 0 amide bonds. The Hall–Kier alpha value is -3.64. The Labute approximate surface area is 237 Å². The third-order valence-electron chi connectivity index (χ3n) is 7.95. The number of benzene rings is 3. The normalized spacial score (nSPS) is 14.3. The zero-order valence-electron chi connectivity index (χ0n) is 24.2. The first-order valence-corrected chi connectivity index (χ1v) is 14.3. The Morgan fingerprint density at radius 2 is 1.55 bits per heavy atom. The number of carbonyl (C=O) groups excluding carboxylic acids is 2. The van der Waals surface area contributed by atoms with Crippen molar-refractivity contribution in [1.82, 2.24) is 4.90 Å². The molecule has 212 valence electrons. The van der Waals surface area contributed by atoms with Crippen LogP contribution in [0.1, 0.15) is 86.3 Å². The van der Waals surface area contributed by atoms with Gasteiger partial charge >= 0.3 is 11.9 Å². The van der Waals surface area contributed by atoms with E-state index in [1.54, 1.807) is 36.4 Å². The Morgan fingerprint density at radius 3 is 2.12 bits per heavy atom. The lowest BCUT2D eigenvalue weighted by Gasteiger charge is -2.33. The second kappa shape index (κ2) is 13.1. The van der Waals surface area contributed by atoms with Crippen molar-refractivity contribution in [2.24, 2.45) is 5.92 Å². The number of rotatable bonds is 11. The fourth-order valence-electron chi connectivity index (χ4n) is 5.43. The van der Waals surface area contributed by atoms with E-state index >= 15 is 0 Å². The predicted octanol–water partition coefficient (Wildman–Crippen LogP) is 7.27. The molecule has 0 heterocycles. The lowest BCUT2D eigenvalue weighted by molar-refractivity contribution is -0.141. The summed E-state index contributed by atoms with van der Waals surface area (Å²) in [5, 5.41) is 10.7. The van der Waals surface area contributed by atoms with Gasteiger partial charge in [-0.05, 0) is 108 Å². The van der Waals surface area contributed by atoms with Crippen LogP contribution >= 0.6 is 0 Å². The van der Waals surface area contributed by atoms with Gasteiger partial charge in [0.15, 0.2) is 0 Å². The molecule has 1 atom stereocenters. The molecule has 40 heavy (non-hydrogen) atoms. The summed E-state index contributed by atoms with van der Waals surface area (Å²) in [6, 6.07) is 20.6. The van der Waals surface area contributed by atoms with Gasteiger partial charge in [-0.2, -0.15) is 0 Å². The van der Waals surface area contributed by atoms with Crippen molar-refractivity contribution in [3.63, 3.8) is 0 Å². The number of nitrogens with zero attached hydrogens (tertiary/aromatic N) is 1. The maximum Gasteiger partial charge on any atom is 0.343 e. The standard InChI is InChI=1S/C34H41NO5/c1-22(2)35(23(3)4)21-20-29(25-10-7-6-8-11-25)32-24(5)30(36)18-19-31(32)40-34(38)27-14-16-28(17-15-27)39-33(37)26-12-9-13-26/h6-8,10-11,14-19,22-23,26,29,36H,9,12-13,20-21H2,1-5H3/t29-/m1/s1. The second-order valence-corrected chi connectivity index (χ2v) is 11.3. The zero-order chi connectivity index (χ0) is 28.8. The van der Waals surface area contributed by atoms with Crippen LogP contribution in [0.5, 0.6) is 17.2 Å². The molecule has 0 saturated heterocycles. The van der Waals surface area contributed by atoms with Crippen molar-refractivity contribution in [2.75, 3.05) is 6.54 Å². The van der Waals surface area contributed by atoms with Crippen LogP contribution in [-0.2, 0) is 4.79 Å². The van der Waals surface area contributed by atoms with Crippen LogP contribution in [0.25, 0.3) is 0 Å². The Morgan fingerprint density at radius 1 is 0.900 bits per heavy atom. The Balaban J connectivity index is 1.60. The smallest absolute Gasteiger partial charge is 0.343 e. The van der Waals surface area contributed by atoms with Crippen molar-refractivity contribution in [1.29, 1.82) is 0 Å². The average molecular weight is 544 g/mol. The molecule has 0 aromatic heterocycles. The zero-order valence-corrected chi connectivity index (χ0v) is 24.2. The van der Waals surface area contributed by atoms with E-state index in [0.717, 1.165) is 43.4 Å². The van der Waals surface area contributed by atoms with Crippen LogP contribution in [0.15, 0.2) is 66.7 Å². The third kappa shape index (κ3) is 6.92. The predicted molar refractivity (Wildman–Crippen MR) is 157 cm³/mol. The van der Waals surface area contributed by atoms with Crippen molar-refractivity contribution < 1.29 is 24.2 Å². The van der Waals surface area contributed by atoms with E-state index in [4.69, 9.17) is 9.47 Å². The van der Waals surface area contributed by atoms with E-state index < -0.39 is 5.97 Å². The summed E-state index contributed by atoms with van der Waals surface area (Å²) in [5.74, 6) is 0.162. The lowest BCUT2D eigenvalue weighted by atomic mass is 9.84. The third-order valence-corrected chi connectivity index (χ3v) is 7.95. The second-order valence-electron chi connectivity index (χ2n) is 11.3. The van der Waals surface area contributed by atoms with Gasteiger partial charge in [-0.1, -0.05) is 36.8 Å². The highest BCUT2D eigenvalue weighted by Crippen LogP contribution is 2.41. The van der Waals surface area contributed by atoms with E-state index in [-0.39, 0.29) is 23.6 Å². The highest BCUT2D eigenvalue weighted by molar-refractivity contribution is 5.91. The quantitative estimate of drug-likeness (QED) is 0.203. The van der Waals surface area contributed by atoms with Gasteiger partial charge < -0.3 is 14.6 Å². The van der Waals surface area contributed by atoms with Crippen molar-refractivity contribution >= 4 is 11.9 Å². The topological polar surface area (TPSA) is 76.1 Å². The van der Waals surface area contributed by atoms with Crippen LogP contribution in [0, 0.1) is 12.8 Å². The molecule has 6 nitrogen and oxygen atoms in total. The minimum atomic E-state index is -0.513. The molecule has 3 aromatic carbocycles. The van der Waals surface area contributed by atoms with Gasteiger partial charge in [0.25, 0.3) is 0 Å². The summed E-state index contributed by atoms with van der Waals surface area (Å²) in [7, 11) is 0. The molecule has 3 aromatic rings. The highest BCUT2D eigenvalue weighted by Gasteiger charge is 2.28. The number of carbonyl (C=O) groups is 2. The van der Waals surface area contributed by atoms with E-state index in [1.807, 2.05) is 25.1 Å². The average Bonchev–Trinajstić information content (AvgIpc) is 2.89. The number of hydrogen-bond donors (Lipinski definition) is 1. The summed E-state index contributed by atoms with van der Waals surface area (Å²) < 4.78 is 11.4. The van der Waals surface area contributed by atoms with Gasteiger partial charge in [-0.15, -0.1) is 0 Å². The number of hydrogen-bond acceptors (Lipinski definition) is 6. The van der Waals surface area contributed by atoms with Gasteiger partial charge in [-0.3, -0.25) is 9.69 Å². The summed E-state index contributed by atoms with van der Waals surface area (Å²) >= 11 is 0. The molecule has 0 radical (unpaired) electrons. The summed E-state index contributed by atoms with van der Waals surface area (Å²) in [4.78, 5) is 27.9. The summed E-state index contributed by atoms with van der Waals surface area (Å²) in [6.07, 6.45) is 3.58. The molecular formula is C34H41NO5. The molecular weight excluding hydrogens is 502 g/mol. The largest absolute Gasteiger partial charge is 0.508 e. The first-order chi connectivity index (χ1) is 19.2. The van der Waals surface area contributed by atoms with E-state index in [2.05, 4.69) is 44.7 Å². The number of phenolic OH excluding ortho intramolecular Hbond substituents is 1.